The summed E-state index contributed by atoms with van der Waals surface area (Å²) in [7, 11) is 3.17. The van der Waals surface area contributed by atoms with Gasteiger partial charge in [0.25, 0.3) is 0 Å². The number of aromatic carboxylic acids is 1. The molecule has 5 nitrogen and oxygen atoms in total. The first kappa shape index (κ1) is 13.8. The second kappa shape index (κ2) is 5.54. The summed E-state index contributed by atoms with van der Waals surface area (Å²) in [5.41, 5.74) is 0.433. The van der Waals surface area contributed by atoms with Crippen LogP contribution >= 0.6 is 0 Å². The third kappa shape index (κ3) is 2.69. The molecule has 2 atom stereocenters. The second-order valence-electron chi connectivity index (χ2n) is 4.42. The van der Waals surface area contributed by atoms with E-state index in [2.05, 4.69) is 0 Å². The van der Waals surface area contributed by atoms with Gasteiger partial charge in [-0.2, -0.15) is 0 Å². The first-order chi connectivity index (χ1) is 9.06. The average Bonchev–Trinajstić information content (AvgIpc) is 2.81. The van der Waals surface area contributed by atoms with E-state index in [1.54, 1.807) is 14.2 Å². The Hall–Kier alpha value is -1.66. The summed E-state index contributed by atoms with van der Waals surface area (Å²) in [6.45, 7) is 1.03. The zero-order chi connectivity index (χ0) is 14.0. The number of rotatable bonds is 4. The van der Waals surface area contributed by atoms with Crippen LogP contribution in [0, 0.1) is 5.82 Å². The number of halogens is 1. The molecular formula is C13H16FNO4. The van der Waals surface area contributed by atoms with Gasteiger partial charge in [0.05, 0.1) is 11.3 Å². The molecule has 0 bridgehead atoms. The van der Waals surface area contributed by atoms with Crippen LogP contribution in [0.3, 0.4) is 0 Å². The lowest BCUT2D eigenvalue weighted by Gasteiger charge is -2.20. The molecule has 19 heavy (non-hydrogen) atoms. The smallest absolute Gasteiger partial charge is 0.337 e. The largest absolute Gasteiger partial charge is 0.478 e. The molecule has 2 rings (SSSR count). The molecule has 1 aromatic rings. The maximum atomic E-state index is 13.1. The Morgan fingerprint density at radius 1 is 1.32 bits per heavy atom. The number of carbonyl (C=O) groups is 1. The number of ether oxygens (including phenoxy) is 2. The number of nitrogens with zero attached hydrogens (tertiary/aromatic N) is 1. The van der Waals surface area contributed by atoms with Crippen LogP contribution in [-0.2, 0) is 9.47 Å². The van der Waals surface area contributed by atoms with Crippen LogP contribution in [0.5, 0.6) is 0 Å². The van der Waals surface area contributed by atoms with Gasteiger partial charge in [-0.3, -0.25) is 0 Å². The molecule has 0 saturated carbocycles. The van der Waals surface area contributed by atoms with Gasteiger partial charge in [-0.1, -0.05) is 0 Å². The van der Waals surface area contributed by atoms with Crippen LogP contribution in [0.15, 0.2) is 18.2 Å². The summed E-state index contributed by atoms with van der Waals surface area (Å²) >= 11 is 0. The number of carboxylic acids is 1. The first-order valence-corrected chi connectivity index (χ1v) is 5.90. The molecule has 0 amide bonds. The van der Waals surface area contributed by atoms with Crippen molar-refractivity contribution < 1.29 is 23.8 Å². The van der Waals surface area contributed by atoms with Crippen LogP contribution in [-0.4, -0.2) is 50.6 Å². The molecule has 0 spiro atoms. The molecule has 1 aromatic carbocycles. The van der Waals surface area contributed by atoms with Gasteiger partial charge >= 0.3 is 5.97 Å². The van der Waals surface area contributed by atoms with Gasteiger partial charge in [-0.25, -0.2) is 9.18 Å². The molecule has 1 N–H and O–H groups in total. The van der Waals surface area contributed by atoms with Crippen molar-refractivity contribution in [2.45, 2.75) is 12.2 Å². The Morgan fingerprint density at radius 2 is 1.89 bits per heavy atom. The summed E-state index contributed by atoms with van der Waals surface area (Å²) in [6.07, 6.45) is -0.256. The Labute approximate surface area is 110 Å². The number of carboxylic acid groups (broad SMARTS) is 1. The highest BCUT2D eigenvalue weighted by Crippen LogP contribution is 2.27. The zero-order valence-corrected chi connectivity index (χ0v) is 10.8. The van der Waals surface area contributed by atoms with Crippen LogP contribution in [0.1, 0.15) is 10.4 Å². The fourth-order valence-corrected chi connectivity index (χ4v) is 2.35. The van der Waals surface area contributed by atoms with E-state index in [1.165, 1.54) is 12.1 Å². The van der Waals surface area contributed by atoms with Crippen molar-refractivity contribution in [3.8, 4) is 0 Å². The summed E-state index contributed by atoms with van der Waals surface area (Å²) in [5.74, 6) is -1.71. The number of hydrogen-bond donors (Lipinski definition) is 1. The number of benzene rings is 1. The molecule has 0 radical (unpaired) electrons. The minimum atomic E-state index is -1.15. The predicted molar refractivity (Wildman–Crippen MR) is 67.2 cm³/mol. The molecular weight excluding hydrogens is 253 g/mol. The summed E-state index contributed by atoms with van der Waals surface area (Å²) < 4.78 is 23.8. The van der Waals surface area contributed by atoms with Crippen molar-refractivity contribution in [1.29, 1.82) is 0 Å². The van der Waals surface area contributed by atoms with Gasteiger partial charge in [-0.15, -0.1) is 0 Å². The van der Waals surface area contributed by atoms with E-state index in [4.69, 9.17) is 14.6 Å². The predicted octanol–water partition coefficient (Wildman–Crippen LogP) is 1.37. The van der Waals surface area contributed by atoms with Crippen molar-refractivity contribution in [2.75, 3.05) is 32.2 Å². The van der Waals surface area contributed by atoms with Gasteiger partial charge in [-0.05, 0) is 18.2 Å². The lowest BCUT2D eigenvalue weighted by molar-refractivity contribution is -0.00461. The van der Waals surface area contributed by atoms with Crippen molar-refractivity contribution in [3.63, 3.8) is 0 Å². The molecule has 1 heterocycles. The van der Waals surface area contributed by atoms with E-state index >= 15 is 0 Å². The highest BCUT2D eigenvalue weighted by Gasteiger charge is 2.34. The molecule has 6 heteroatoms. The molecule has 104 valence electrons. The topological polar surface area (TPSA) is 59.0 Å². The number of hydrogen-bond acceptors (Lipinski definition) is 4. The van der Waals surface area contributed by atoms with E-state index in [0.717, 1.165) is 6.07 Å². The Bertz CT molecular complexity index is 468. The Kier molecular flexibility index (Phi) is 4.01. The van der Waals surface area contributed by atoms with Crippen LogP contribution in [0.4, 0.5) is 10.1 Å². The van der Waals surface area contributed by atoms with E-state index in [1.807, 2.05) is 4.90 Å². The van der Waals surface area contributed by atoms with Crippen molar-refractivity contribution in [3.05, 3.63) is 29.6 Å². The monoisotopic (exact) mass is 269 g/mol. The van der Waals surface area contributed by atoms with E-state index in [-0.39, 0.29) is 17.8 Å². The Morgan fingerprint density at radius 3 is 2.37 bits per heavy atom. The molecule has 1 fully saturated rings. The van der Waals surface area contributed by atoms with E-state index in [0.29, 0.717) is 18.8 Å². The quantitative estimate of drug-likeness (QED) is 0.894. The van der Waals surface area contributed by atoms with E-state index < -0.39 is 11.8 Å². The van der Waals surface area contributed by atoms with E-state index in [9.17, 15) is 9.18 Å². The van der Waals surface area contributed by atoms with Gasteiger partial charge in [0, 0.05) is 27.3 Å². The highest BCUT2D eigenvalue weighted by atomic mass is 19.1. The third-order valence-corrected chi connectivity index (χ3v) is 3.35. The van der Waals surface area contributed by atoms with Crippen molar-refractivity contribution >= 4 is 11.7 Å². The number of anilines is 1. The van der Waals surface area contributed by atoms with Gasteiger partial charge in [0.1, 0.15) is 18.0 Å². The Balaban J connectivity index is 2.30. The SMILES string of the molecule is COC1CN(c2ccc(F)cc2C(=O)O)CC1OC. The summed E-state index contributed by atoms with van der Waals surface area (Å²) in [5, 5.41) is 9.14. The first-order valence-electron chi connectivity index (χ1n) is 5.90. The highest BCUT2D eigenvalue weighted by molar-refractivity contribution is 5.94. The molecule has 1 aliphatic heterocycles. The van der Waals surface area contributed by atoms with Crippen molar-refractivity contribution in [1.82, 2.24) is 0 Å². The maximum absolute atomic E-state index is 13.1. The fraction of sp³-hybridized carbons (Fsp3) is 0.462. The van der Waals surface area contributed by atoms with Gasteiger partial charge < -0.3 is 19.5 Å². The average molecular weight is 269 g/mol. The van der Waals surface area contributed by atoms with Crippen LogP contribution in [0.2, 0.25) is 0 Å². The third-order valence-electron chi connectivity index (χ3n) is 3.35. The molecule has 0 aromatic heterocycles. The standard InChI is InChI=1S/C13H16FNO4/c1-18-11-6-15(7-12(11)19-2)10-4-3-8(14)5-9(10)13(16)17/h3-5,11-12H,6-7H2,1-2H3,(H,16,17). The minimum absolute atomic E-state index is 0.0494. The molecule has 0 aliphatic carbocycles. The summed E-state index contributed by atoms with van der Waals surface area (Å²) in [6, 6.07) is 3.76. The molecule has 2 unspecified atom stereocenters. The maximum Gasteiger partial charge on any atom is 0.337 e. The van der Waals surface area contributed by atoms with Crippen LogP contribution in [0.25, 0.3) is 0 Å². The van der Waals surface area contributed by atoms with Crippen LogP contribution < -0.4 is 4.90 Å². The van der Waals surface area contributed by atoms with Gasteiger partial charge in [0.15, 0.2) is 0 Å². The normalized spacial score (nSPS) is 22.8. The van der Waals surface area contributed by atoms with Gasteiger partial charge in [0.2, 0.25) is 0 Å². The minimum Gasteiger partial charge on any atom is -0.478 e. The summed E-state index contributed by atoms with van der Waals surface area (Å²) in [4.78, 5) is 13.0. The number of methoxy groups -OCH3 is 2. The molecule has 1 saturated heterocycles. The lowest BCUT2D eigenvalue weighted by atomic mass is 10.1. The molecule has 1 aliphatic rings. The van der Waals surface area contributed by atoms with Crippen molar-refractivity contribution in [2.24, 2.45) is 0 Å². The zero-order valence-electron chi connectivity index (χ0n) is 10.8. The lowest BCUT2D eigenvalue weighted by Crippen LogP contribution is -2.27. The fourth-order valence-electron chi connectivity index (χ4n) is 2.35. The second-order valence-corrected chi connectivity index (χ2v) is 4.42.